The third-order valence-electron chi connectivity index (χ3n) is 1.68. The predicted molar refractivity (Wildman–Crippen MR) is 72.5 cm³/mol. The van der Waals surface area contributed by atoms with E-state index < -0.39 is 6.64 Å². The van der Waals surface area contributed by atoms with Crippen molar-refractivity contribution in [1.82, 2.24) is 10.2 Å². The van der Waals surface area contributed by atoms with Crippen molar-refractivity contribution in [3.05, 3.63) is 30.1 Å². The van der Waals surface area contributed by atoms with Crippen molar-refractivity contribution >= 4 is 24.7 Å². The third kappa shape index (κ3) is 5.37. The smallest absolute Gasteiger partial charge is 0.303 e. The molecule has 0 fully saturated rings. The summed E-state index contributed by atoms with van der Waals surface area (Å²) in [6, 6.07) is 3.73. The zero-order valence-corrected chi connectivity index (χ0v) is 11.6. The Hall–Kier alpha value is -0.810. The highest BCUT2D eigenvalue weighted by Crippen LogP contribution is 2.43. The van der Waals surface area contributed by atoms with Gasteiger partial charge in [0.2, 0.25) is 0 Å². The van der Waals surface area contributed by atoms with Crippen LogP contribution in [0, 0.1) is 0 Å². The number of rotatable bonds is 7. The lowest BCUT2D eigenvalue weighted by Gasteiger charge is -2.19. The van der Waals surface area contributed by atoms with Gasteiger partial charge in [-0.15, -0.1) is 0 Å². The summed E-state index contributed by atoms with van der Waals surface area (Å²) in [5, 5.41) is 6.80. The lowest BCUT2D eigenvalue weighted by molar-refractivity contribution is 0.259. The summed E-state index contributed by atoms with van der Waals surface area (Å²) in [6.07, 6.45) is 5.04. The quantitative estimate of drug-likeness (QED) is 0.469. The molecule has 0 aliphatic carbocycles. The molecule has 0 saturated heterocycles. The lowest BCUT2D eigenvalue weighted by atomic mass is 10.3. The Labute approximate surface area is 106 Å². The van der Waals surface area contributed by atoms with Gasteiger partial charge < -0.3 is 9.05 Å². The van der Waals surface area contributed by atoms with Gasteiger partial charge in [0.25, 0.3) is 0 Å². The Kier molecular flexibility index (Phi) is 6.29. The van der Waals surface area contributed by atoms with E-state index in [1.54, 1.807) is 18.6 Å². The van der Waals surface area contributed by atoms with Crippen LogP contribution in [0.4, 0.5) is 0 Å². The van der Waals surface area contributed by atoms with E-state index in [9.17, 15) is 0 Å². The highest BCUT2D eigenvalue weighted by Gasteiger charge is 2.15. The van der Waals surface area contributed by atoms with Crippen molar-refractivity contribution in [2.75, 3.05) is 13.2 Å². The van der Waals surface area contributed by atoms with E-state index in [1.807, 2.05) is 26.0 Å². The van der Waals surface area contributed by atoms with Crippen molar-refractivity contribution in [2.24, 2.45) is 5.10 Å². The zero-order valence-electron chi connectivity index (χ0n) is 9.87. The summed E-state index contributed by atoms with van der Waals surface area (Å²) in [6.45, 7) is 2.23. The molecule has 1 aromatic heterocycles. The SMILES string of the molecule is CCOP(=S)(N/N=C/c1cccnc1)OCC. The number of hydrogen-bond acceptors (Lipinski definition) is 5. The highest BCUT2D eigenvalue weighted by atomic mass is 32.5. The van der Waals surface area contributed by atoms with Crippen LogP contribution < -0.4 is 5.20 Å². The number of aromatic nitrogens is 1. The van der Waals surface area contributed by atoms with Crippen molar-refractivity contribution in [3.63, 3.8) is 0 Å². The van der Waals surface area contributed by atoms with Crippen LogP contribution >= 0.6 is 6.64 Å². The summed E-state index contributed by atoms with van der Waals surface area (Å²) in [5.41, 5.74) is 0.884. The van der Waals surface area contributed by atoms with Gasteiger partial charge >= 0.3 is 6.64 Å². The first-order chi connectivity index (χ1) is 8.20. The maximum Gasteiger partial charge on any atom is 0.303 e. The first-order valence-electron chi connectivity index (χ1n) is 5.29. The van der Waals surface area contributed by atoms with Crippen molar-refractivity contribution in [1.29, 1.82) is 0 Å². The summed E-state index contributed by atoms with van der Waals surface area (Å²) in [7, 11) is 0. The van der Waals surface area contributed by atoms with Crippen LogP contribution in [0.5, 0.6) is 0 Å². The summed E-state index contributed by atoms with van der Waals surface area (Å²) >= 11 is 5.24. The van der Waals surface area contributed by atoms with Crippen molar-refractivity contribution in [3.8, 4) is 0 Å². The fraction of sp³-hybridized carbons (Fsp3) is 0.400. The minimum atomic E-state index is -2.49. The Morgan fingerprint density at radius 1 is 1.47 bits per heavy atom. The van der Waals surface area contributed by atoms with Crippen LogP contribution in [0.3, 0.4) is 0 Å². The second-order valence-electron chi connectivity index (χ2n) is 2.98. The van der Waals surface area contributed by atoms with Gasteiger partial charge in [0.1, 0.15) is 0 Å². The molecule has 0 unspecified atom stereocenters. The van der Waals surface area contributed by atoms with Gasteiger partial charge in [-0.1, -0.05) is 6.07 Å². The number of hydrazone groups is 1. The van der Waals surface area contributed by atoms with Gasteiger partial charge in [0.05, 0.1) is 19.4 Å². The molecule has 0 aromatic carbocycles. The minimum Gasteiger partial charge on any atom is -0.313 e. The molecule has 5 nitrogen and oxygen atoms in total. The van der Waals surface area contributed by atoms with Gasteiger partial charge in [-0.25, -0.2) is 5.20 Å². The first-order valence-corrected chi connectivity index (χ1v) is 7.93. The average Bonchev–Trinajstić information content (AvgIpc) is 2.31. The average molecular weight is 273 g/mol. The molecular formula is C10H16N3O2PS. The monoisotopic (exact) mass is 273 g/mol. The molecular weight excluding hydrogens is 257 g/mol. The standard InChI is InChI=1S/C10H16N3O2PS/c1-3-14-16(17,15-4-2)13-12-9-10-6-5-7-11-8-10/h5-9H,3-4H2,1-2H3,(H,13,17)/b12-9+. The molecule has 0 radical (unpaired) electrons. The number of pyridine rings is 1. The highest BCUT2D eigenvalue weighted by molar-refractivity contribution is 8.08. The van der Waals surface area contributed by atoms with E-state index in [0.717, 1.165) is 5.56 Å². The maximum atomic E-state index is 5.37. The molecule has 0 amide bonds. The van der Waals surface area contributed by atoms with Gasteiger partial charge in [0.15, 0.2) is 0 Å². The second kappa shape index (κ2) is 7.50. The molecule has 1 aromatic rings. The van der Waals surface area contributed by atoms with E-state index in [4.69, 9.17) is 20.9 Å². The largest absolute Gasteiger partial charge is 0.313 e. The van der Waals surface area contributed by atoms with Crippen molar-refractivity contribution in [2.45, 2.75) is 13.8 Å². The molecule has 94 valence electrons. The maximum absolute atomic E-state index is 5.37. The lowest BCUT2D eigenvalue weighted by Crippen LogP contribution is -2.09. The summed E-state index contributed by atoms with van der Waals surface area (Å²) < 4.78 is 10.7. The molecule has 0 aliphatic rings. The van der Waals surface area contributed by atoms with E-state index in [-0.39, 0.29) is 0 Å². The minimum absolute atomic E-state index is 0.493. The first kappa shape index (κ1) is 14.3. The Morgan fingerprint density at radius 2 is 2.18 bits per heavy atom. The zero-order chi connectivity index (χ0) is 12.6. The fourth-order valence-corrected chi connectivity index (χ4v) is 2.90. The van der Waals surface area contributed by atoms with Gasteiger partial charge in [0, 0.05) is 18.0 Å². The normalized spacial score (nSPS) is 11.9. The van der Waals surface area contributed by atoms with E-state index in [0.29, 0.717) is 13.2 Å². The Balaban J connectivity index is 2.58. The summed E-state index contributed by atoms with van der Waals surface area (Å²) in [4.78, 5) is 3.97. The topological polar surface area (TPSA) is 55.7 Å². The molecule has 1 N–H and O–H groups in total. The van der Waals surface area contributed by atoms with Crippen LogP contribution in [0.15, 0.2) is 29.6 Å². The molecule has 0 atom stereocenters. The van der Waals surface area contributed by atoms with Crippen LogP contribution in [0.25, 0.3) is 0 Å². The summed E-state index contributed by atoms with van der Waals surface area (Å²) in [5.74, 6) is 0. The molecule has 0 spiro atoms. The van der Waals surface area contributed by atoms with E-state index in [1.165, 1.54) is 0 Å². The molecule has 7 heteroatoms. The predicted octanol–water partition coefficient (Wildman–Crippen LogP) is 2.30. The van der Waals surface area contributed by atoms with Crippen LogP contribution in [0.2, 0.25) is 0 Å². The molecule has 1 rings (SSSR count). The van der Waals surface area contributed by atoms with Gasteiger partial charge in [-0.3, -0.25) is 4.98 Å². The van der Waals surface area contributed by atoms with Gasteiger partial charge in [-0.05, 0) is 31.7 Å². The molecule has 17 heavy (non-hydrogen) atoms. The Bertz CT molecular complexity index is 390. The fourth-order valence-electron chi connectivity index (χ4n) is 1.06. The number of hydrogen-bond donors (Lipinski definition) is 1. The van der Waals surface area contributed by atoms with Crippen LogP contribution in [-0.2, 0) is 20.9 Å². The van der Waals surface area contributed by atoms with Crippen molar-refractivity contribution < 1.29 is 9.05 Å². The van der Waals surface area contributed by atoms with Crippen LogP contribution in [-0.4, -0.2) is 24.4 Å². The molecule has 1 heterocycles. The Morgan fingerprint density at radius 3 is 2.71 bits per heavy atom. The number of nitrogens with one attached hydrogen (secondary N) is 1. The molecule has 0 saturated carbocycles. The van der Waals surface area contributed by atoms with Crippen LogP contribution in [0.1, 0.15) is 19.4 Å². The van der Waals surface area contributed by atoms with E-state index in [2.05, 4.69) is 15.3 Å². The third-order valence-corrected chi connectivity index (χ3v) is 4.11. The second-order valence-corrected chi connectivity index (χ2v) is 6.13. The molecule has 0 aliphatic heterocycles. The number of nitrogens with zero attached hydrogens (tertiary/aromatic N) is 2. The molecule has 0 bridgehead atoms. The van der Waals surface area contributed by atoms with Gasteiger partial charge in [-0.2, -0.15) is 5.10 Å². The van der Waals surface area contributed by atoms with E-state index >= 15 is 0 Å².